The Kier molecular flexibility index (Phi) is 20.3. The van der Waals surface area contributed by atoms with Crippen molar-refractivity contribution in [1.82, 2.24) is 37.0 Å². The van der Waals surface area contributed by atoms with Crippen molar-refractivity contribution in [3.05, 3.63) is 102 Å². The molecule has 57 heavy (non-hydrogen) atoms. The number of carbonyl (C=O) groups excluding carboxylic acids is 4. The molecule has 0 spiro atoms. The molecular weight excluding hydrogens is 731 g/mol. The molecule has 0 radical (unpaired) electrons. The second kappa shape index (κ2) is 25.1. The van der Waals surface area contributed by atoms with Crippen LogP contribution in [-0.4, -0.2) is 105 Å². The minimum Gasteiger partial charge on any atom is -0.489 e. The summed E-state index contributed by atoms with van der Waals surface area (Å²) in [5, 5.41) is 27.3. The van der Waals surface area contributed by atoms with E-state index in [0.29, 0.717) is 25.6 Å². The van der Waals surface area contributed by atoms with Gasteiger partial charge in [-0.05, 0) is 47.1 Å². The van der Waals surface area contributed by atoms with Crippen LogP contribution in [0.5, 0.6) is 5.75 Å². The molecule has 0 fully saturated rings. The van der Waals surface area contributed by atoms with Gasteiger partial charge < -0.3 is 45.9 Å². The van der Waals surface area contributed by atoms with Crippen LogP contribution in [0, 0.1) is 11.8 Å². The summed E-state index contributed by atoms with van der Waals surface area (Å²) in [5.74, 6) is -0.877. The summed E-state index contributed by atoms with van der Waals surface area (Å²) in [6, 6.07) is 22.9. The number of hydrogen-bond donors (Lipinski definition) is 7. The molecule has 0 aliphatic rings. The largest absolute Gasteiger partial charge is 0.489 e. The minimum atomic E-state index is -1.21. The van der Waals surface area contributed by atoms with Gasteiger partial charge in [0.25, 0.3) is 5.91 Å². The Morgan fingerprint density at radius 3 is 1.67 bits per heavy atom. The molecular formula is C42H61N7O8. The van der Waals surface area contributed by atoms with Crippen LogP contribution in [0.4, 0.5) is 9.59 Å². The van der Waals surface area contributed by atoms with Gasteiger partial charge in [0, 0.05) is 40.4 Å². The third-order valence-electron chi connectivity index (χ3n) is 8.97. The number of benzene rings is 3. The van der Waals surface area contributed by atoms with Crippen molar-refractivity contribution >= 4 is 23.9 Å². The summed E-state index contributed by atoms with van der Waals surface area (Å²) < 4.78 is 16.0. The van der Waals surface area contributed by atoms with E-state index in [4.69, 9.17) is 14.2 Å². The third-order valence-corrected chi connectivity index (χ3v) is 8.97. The number of nitrogens with zero attached hydrogens (tertiary/aromatic N) is 1. The highest BCUT2D eigenvalue weighted by Crippen LogP contribution is 2.17. The molecule has 312 valence electrons. The Morgan fingerprint density at radius 2 is 1.16 bits per heavy atom. The van der Waals surface area contributed by atoms with Crippen LogP contribution in [0.1, 0.15) is 44.4 Å². The van der Waals surface area contributed by atoms with Gasteiger partial charge in [0.2, 0.25) is 5.91 Å². The Hall–Kier alpha value is -5.22. The normalized spacial score (nSPS) is 13.3. The average molecular weight is 792 g/mol. The Labute approximate surface area is 336 Å². The van der Waals surface area contributed by atoms with E-state index < -0.39 is 48.1 Å². The number of hydrogen-bond acceptors (Lipinski definition) is 9. The van der Waals surface area contributed by atoms with E-state index >= 15 is 0 Å². The van der Waals surface area contributed by atoms with Crippen LogP contribution in [0.15, 0.2) is 84.9 Å². The fourth-order valence-corrected chi connectivity index (χ4v) is 5.79. The van der Waals surface area contributed by atoms with Gasteiger partial charge in [-0.15, -0.1) is 0 Å². The Balaban J connectivity index is 1.86. The summed E-state index contributed by atoms with van der Waals surface area (Å²) in [5.41, 5.74) is 5.61. The molecule has 15 nitrogen and oxygen atoms in total. The standard InChI is InChI=1S/C42H61N7O8/c1-29(2)37(46-41(53)43-21-23-55-5)39(51)45-35(25-31-13-9-7-10-14-31)36(50)27-49(48-40(52)38(30(3)4)47-42(54)44-22-24-56-6)26-32-17-19-34(20-18-32)57-28-33-15-11-8-12-16-33/h7-20,29-30,35-38,50H,21-28H2,1-6H3,(H,45,51)(H,48,52)(H2,43,46,53)(H2,44,47,54)/t35?,36-,37-,38-/m0/s1. The molecule has 7 N–H and O–H groups in total. The number of aliphatic hydroxyl groups excluding tert-OH is 1. The van der Waals surface area contributed by atoms with E-state index in [9.17, 15) is 24.3 Å². The fraction of sp³-hybridized carbons (Fsp3) is 0.476. The molecule has 0 aliphatic heterocycles. The molecule has 0 aromatic heterocycles. The van der Waals surface area contributed by atoms with E-state index in [-0.39, 0.29) is 44.4 Å². The van der Waals surface area contributed by atoms with Gasteiger partial charge in [-0.25, -0.2) is 14.6 Å². The summed E-state index contributed by atoms with van der Waals surface area (Å²) in [6.07, 6.45) is -0.958. The predicted octanol–water partition coefficient (Wildman–Crippen LogP) is 3.13. The molecule has 0 heterocycles. The lowest BCUT2D eigenvalue weighted by atomic mass is 9.98. The van der Waals surface area contributed by atoms with Crippen LogP contribution in [0.3, 0.4) is 0 Å². The second-order valence-electron chi connectivity index (χ2n) is 14.4. The van der Waals surface area contributed by atoms with Crippen molar-refractivity contribution in [3.8, 4) is 5.75 Å². The first-order valence-corrected chi connectivity index (χ1v) is 19.3. The monoisotopic (exact) mass is 791 g/mol. The molecule has 4 atom stereocenters. The second-order valence-corrected chi connectivity index (χ2v) is 14.4. The molecule has 0 bridgehead atoms. The van der Waals surface area contributed by atoms with Gasteiger partial charge in [-0.1, -0.05) is 100 Å². The molecule has 6 amide bonds. The van der Waals surface area contributed by atoms with Crippen molar-refractivity contribution < 1.29 is 38.5 Å². The number of urea groups is 2. The van der Waals surface area contributed by atoms with Crippen molar-refractivity contribution in [2.45, 2.75) is 71.5 Å². The highest BCUT2D eigenvalue weighted by Gasteiger charge is 2.32. The topological polar surface area (TPSA) is 192 Å². The molecule has 0 saturated heterocycles. The Morgan fingerprint density at radius 1 is 0.649 bits per heavy atom. The molecule has 3 rings (SSSR count). The van der Waals surface area contributed by atoms with E-state index in [0.717, 1.165) is 16.7 Å². The number of aliphatic hydroxyl groups is 1. The first kappa shape index (κ1) is 46.2. The SMILES string of the molecule is COCCNC(=O)N[C@H](C(=O)NC(Cc1ccccc1)[C@@H](O)CN(Cc1ccc(OCc2ccccc2)cc1)NC(=O)[C@@H](NC(=O)NCCOC)C(C)C)C(C)C. The van der Waals surface area contributed by atoms with Crippen LogP contribution in [0.25, 0.3) is 0 Å². The van der Waals surface area contributed by atoms with E-state index in [1.165, 1.54) is 14.2 Å². The number of rotatable bonds is 24. The molecule has 3 aromatic carbocycles. The van der Waals surface area contributed by atoms with E-state index in [1.54, 1.807) is 5.01 Å². The van der Waals surface area contributed by atoms with Gasteiger partial charge >= 0.3 is 12.1 Å². The lowest BCUT2D eigenvalue weighted by Crippen LogP contribution is -2.60. The zero-order valence-corrected chi connectivity index (χ0v) is 34.0. The van der Waals surface area contributed by atoms with Crippen molar-refractivity contribution in [2.75, 3.05) is 47.1 Å². The third kappa shape index (κ3) is 17.2. The summed E-state index contributed by atoms with van der Waals surface area (Å²) >= 11 is 0. The lowest BCUT2D eigenvalue weighted by molar-refractivity contribution is -0.131. The van der Waals surface area contributed by atoms with Crippen molar-refractivity contribution in [2.24, 2.45) is 11.8 Å². The van der Waals surface area contributed by atoms with Gasteiger partial charge in [-0.3, -0.25) is 15.0 Å². The van der Waals surface area contributed by atoms with E-state index in [1.807, 2.05) is 113 Å². The number of ether oxygens (including phenoxy) is 3. The van der Waals surface area contributed by atoms with Crippen LogP contribution in [0.2, 0.25) is 0 Å². The molecule has 0 aliphatic carbocycles. The molecule has 15 heteroatoms. The lowest BCUT2D eigenvalue weighted by Gasteiger charge is -2.33. The molecule has 3 aromatic rings. The maximum Gasteiger partial charge on any atom is 0.315 e. The van der Waals surface area contributed by atoms with Crippen LogP contribution in [-0.2, 0) is 38.6 Å². The first-order valence-electron chi connectivity index (χ1n) is 19.3. The number of nitrogens with one attached hydrogen (secondary N) is 6. The zero-order valence-electron chi connectivity index (χ0n) is 34.0. The van der Waals surface area contributed by atoms with Gasteiger partial charge in [0.15, 0.2) is 0 Å². The molecule has 0 saturated carbocycles. The highest BCUT2D eigenvalue weighted by molar-refractivity contribution is 5.88. The maximum absolute atomic E-state index is 13.9. The number of amides is 6. The number of hydrazine groups is 1. The maximum atomic E-state index is 13.9. The molecule has 1 unspecified atom stereocenters. The van der Waals surface area contributed by atoms with Crippen LogP contribution < -0.4 is 36.7 Å². The summed E-state index contributed by atoms with van der Waals surface area (Å²) in [4.78, 5) is 53.0. The van der Waals surface area contributed by atoms with Gasteiger partial charge in [0.1, 0.15) is 24.4 Å². The Bertz CT molecular complexity index is 1630. The summed E-state index contributed by atoms with van der Waals surface area (Å²) in [7, 11) is 3.05. The fourth-order valence-electron chi connectivity index (χ4n) is 5.79. The van der Waals surface area contributed by atoms with E-state index in [2.05, 4.69) is 32.0 Å². The average Bonchev–Trinajstić information content (AvgIpc) is 3.19. The predicted molar refractivity (Wildman–Crippen MR) is 218 cm³/mol. The number of methoxy groups -OCH3 is 2. The minimum absolute atomic E-state index is 0.113. The van der Waals surface area contributed by atoms with Crippen molar-refractivity contribution in [3.63, 3.8) is 0 Å². The van der Waals surface area contributed by atoms with Gasteiger partial charge in [-0.2, -0.15) is 0 Å². The smallest absolute Gasteiger partial charge is 0.315 e. The van der Waals surface area contributed by atoms with Crippen molar-refractivity contribution in [1.29, 1.82) is 0 Å². The first-order chi connectivity index (χ1) is 27.4. The summed E-state index contributed by atoms with van der Waals surface area (Å²) in [6.45, 7) is 8.86. The quantitative estimate of drug-likeness (QED) is 0.0528. The number of carbonyl (C=O) groups is 4. The highest BCUT2D eigenvalue weighted by atomic mass is 16.5. The zero-order chi connectivity index (χ0) is 41.6. The van der Waals surface area contributed by atoms with Gasteiger partial charge in [0.05, 0.1) is 25.4 Å². The van der Waals surface area contributed by atoms with Crippen LogP contribution >= 0.6 is 0 Å².